The molecule has 388 valence electrons. The van der Waals surface area contributed by atoms with Crippen molar-refractivity contribution in [1.29, 1.82) is 0 Å². The van der Waals surface area contributed by atoms with Crippen molar-refractivity contribution in [3.8, 4) is 0 Å². The van der Waals surface area contributed by atoms with Crippen LogP contribution in [0.3, 0.4) is 0 Å². The van der Waals surface area contributed by atoms with E-state index in [0.29, 0.717) is 25.7 Å². The number of unbranched alkanes of at least 4 members (excludes halogenated alkanes) is 24. The topological polar surface area (TPSA) is 232 Å². The standard InChI is InChI=1S/C26H48O7.C25H47NO7/c1-2-3-4-5-6-7-8-9-10-11-12-13-14-16-23(28)17-15-20-32-25(30)18-19-26(31)33-22-24(29)21-27;1-2-3-4-5-6-7-8-9-10-11-12-13-14-15-23(29)26-18-19-32-24(30)16-17-25(31)33-22(20-27)21-28/h24,27,29H,2-22H2,1H3;22,27-28H,2-21H2,1H3,(H,26,29). The molecule has 0 saturated heterocycles. The maximum atomic E-state index is 11.9. The molecule has 1 unspecified atom stereocenters. The second-order valence-corrected chi connectivity index (χ2v) is 17.4. The summed E-state index contributed by atoms with van der Waals surface area (Å²) in [5.41, 5.74) is 0. The average molecular weight is 946 g/mol. The molecule has 1 atom stereocenters. The van der Waals surface area contributed by atoms with Crippen LogP contribution in [0.1, 0.15) is 232 Å². The number of ketones is 1. The molecular weight excluding hydrogens is 851 g/mol. The third-order valence-electron chi connectivity index (χ3n) is 11.0. The van der Waals surface area contributed by atoms with Crippen LogP contribution in [-0.2, 0) is 47.7 Å². The van der Waals surface area contributed by atoms with Crippen molar-refractivity contribution in [3.05, 3.63) is 0 Å². The fourth-order valence-electron chi connectivity index (χ4n) is 6.91. The van der Waals surface area contributed by atoms with Crippen LogP contribution >= 0.6 is 0 Å². The lowest BCUT2D eigenvalue weighted by atomic mass is 10.0. The fraction of sp³-hybridized carbons (Fsp3) is 0.882. The third-order valence-corrected chi connectivity index (χ3v) is 11.0. The van der Waals surface area contributed by atoms with Gasteiger partial charge in [0, 0.05) is 19.3 Å². The van der Waals surface area contributed by atoms with Crippen LogP contribution in [0.5, 0.6) is 0 Å². The van der Waals surface area contributed by atoms with Crippen LogP contribution in [-0.4, -0.2) is 114 Å². The summed E-state index contributed by atoms with van der Waals surface area (Å²) in [4.78, 5) is 69.7. The summed E-state index contributed by atoms with van der Waals surface area (Å²) in [5, 5.41) is 38.1. The van der Waals surface area contributed by atoms with Gasteiger partial charge in [0.15, 0.2) is 0 Å². The summed E-state index contributed by atoms with van der Waals surface area (Å²) in [6, 6.07) is 0. The first-order valence-electron chi connectivity index (χ1n) is 26.0. The van der Waals surface area contributed by atoms with E-state index in [0.717, 1.165) is 25.7 Å². The van der Waals surface area contributed by atoms with E-state index in [1.54, 1.807) is 0 Å². The number of nitrogens with one attached hydrogen (secondary N) is 1. The van der Waals surface area contributed by atoms with Gasteiger partial charge >= 0.3 is 23.9 Å². The Morgan fingerprint density at radius 2 is 0.773 bits per heavy atom. The predicted octanol–water partition coefficient (Wildman–Crippen LogP) is 8.84. The minimum atomic E-state index is -1.11. The molecule has 0 fully saturated rings. The molecule has 66 heavy (non-hydrogen) atoms. The van der Waals surface area contributed by atoms with Gasteiger partial charge in [-0.2, -0.15) is 0 Å². The molecule has 0 bridgehead atoms. The summed E-state index contributed by atoms with van der Waals surface area (Å²) >= 11 is 0. The smallest absolute Gasteiger partial charge is 0.306 e. The monoisotopic (exact) mass is 946 g/mol. The molecule has 0 rings (SSSR count). The van der Waals surface area contributed by atoms with Crippen LogP contribution in [0.25, 0.3) is 0 Å². The molecule has 0 spiro atoms. The number of carbonyl (C=O) groups is 6. The zero-order chi connectivity index (χ0) is 49.1. The van der Waals surface area contributed by atoms with E-state index in [-0.39, 0.29) is 63.7 Å². The molecule has 1 amide bonds. The molecule has 0 aliphatic heterocycles. The number of aliphatic hydroxyl groups excluding tert-OH is 4. The molecule has 0 aromatic rings. The quantitative estimate of drug-likeness (QED) is 0.0218. The van der Waals surface area contributed by atoms with Gasteiger partial charge in [0.1, 0.15) is 31.2 Å². The van der Waals surface area contributed by atoms with Gasteiger partial charge in [0.25, 0.3) is 0 Å². The van der Waals surface area contributed by atoms with Gasteiger partial charge in [-0.25, -0.2) is 0 Å². The minimum Gasteiger partial charge on any atom is -0.466 e. The van der Waals surface area contributed by atoms with Gasteiger partial charge in [-0.05, 0) is 19.3 Å². The van der Waals surface area contributed by atoms with E-state index in [1.165, 1.54) is 141 Å². The lowest BCUT2D eigenvalue weighted by molar-refractivity contribution is -0.156. The van der Waals surface area contributed by atoms with E-state index in [4.69, 9.17) is 39.4 Å². The zero-order valence-electron chi connectivity index (χ0n) is 41.5. The number of carbonyl (C=O) groups excluding carboxylic acids is 6. The second-order valence-electron chi connectivity index (χ2n) is 17.4. The van der Waals surface area contributed by atoms with Crippen molar-refractivity contribution in [3.63, 3.8) is 0 Å². The summed E-state index contributed by atoms with van der Waals surface area (Å²) in [5.74, 6) is -2.24. The van der Waals surface area contributed by atoms with Crippen LogP contribution < -0.4 is 5.32 Å². The van der Waals surface area contributed by atoms with Gasteiger partial charge in [0.05, 0.1) is 58.7 Å². The Balaban J connectivity index is 0. The van der Waals surface area contributed by atoms with Gasteiger partial charge in [-0.15, -0.1) is 0 Å². The van der Waals surface area contributed by atoms with E-state index < -0.39 is 55.9 Å². The largest absolute Gasteiger partial charge is 0.466 e. The Morgan fingerprint density at radius 3 is 1.20 bits per heavy atom. The summed E-state index contributed by atoms with van der Waals surface area (Å²) in [7, 11) is 0. The number of amides is 1. The highest BCUT2D eigenvalue weighted by atomic mass is 16.6. The summed E-state index contributed by atoms with van der Waals surface area (Å²) < 4.78 is 19.4. The fourth-order valence-corrected chi connectivity index (χ4v) is 6.91. The van der Waals surface area contributed by atoms with Gasteiger partial charge in [-0.3, -0.25) is 28.8 Å². The maximum Gasteiger partial charge on any atom is 0.306 e. The number of hydrogen-bond acceptors (Lipinski definition) is 14. The second kappa shape index (κ2) is 51.3. The average Bonchev–Trinajstić information content (AvgIpc) is 3.31. The van der Waals surface area contributed by atoms with Gasteiger partial charge in [0.2, 0.25) is 5.91 Å². The highest BCUT2D eigenvalue weighted by molar-refractivity contribution is 5.79. The summed E-state index contributed by atoms with van der Waals surface area (Å²) in [6.45, 7) is 3.20. The number of hydrogen-bond donors (Lipinski definition) is 5. The van der Waals surface area contributed by atoms with Crippen molar-refractivity contribution < 1.29 is 68.1 Å². The number of rotatable bonds is 47. The Hall–Kier alpha value is -3.14. The van der Waals surface area contributed by atoms with Gasteiger partial charge in [-0.1, -0.05) is 168 Å². The Bertz CT molecular complexity index is 1170. The summed E-state index contributed by atoms with van der Waals surface area (Å²) in [6.07, 6.45) is 32.4. The predicted molar refractivity (Wildman–Crippen MR) is 256 cm³/mol. The number of aliphatic hydroxyl groups is 4. The third kappa shape index (κ3) is 50.3. The van der Waals surface area contributed by atoms with E-state index in [2.05, 4.69) is 19.2 Å². The molecule has 15 nitrogen and oxygen atoms in total. The van der Waals surface area contributed by atoms with Crippen LogP contribution in [0.15, 0.2) is 0 Å². The Labute approximate surface area is 398 Å². The molecular formula is C51H95NO14. The van der Waals surface area contributed by atoms with E-state index >= 15 is 0 Å². The van der Waals surface area contributed by atoms with E-state index in [1.807, 2.05) is 0 Å². The highest BCUT2D eigenvalue weighted by Gasteiger charge is 2.15. The lowest BCUT2D eigenvalue weighted by Gasteiger charge is -2.12. The van der Waals surface area contributed by atoms with Crippen LogP contribution in [0.2, 0.25) is 0 Å². The molecule has 0 saturated carbocycles. The lowest BCUT2D eigenvalue weighted by Crippen LogP contribution is -2.28. The number of ether oxygens (including phenoxy) is 4. The molecule has 0 aliphatic rings. The first-order chi connectivity index (χ1) is 32.0. The molecule has 0 aromatic carbocycles. The van der Waals surface area contributed by atoms with Crippen LogP contribution in [0.4, 0.5) is 0 Å². The highest BCUT2D eigenvalue weighted by Crippen LogP contribution is 2.15. The minimum absolute atomic E-state index is 0.0447. The SMILES string of the molecule is CCCCCCCCCCCCCCCC(=O)CCCOC(=O)CCC(=O)OCC(O)CO.CCCCCCCCCCCCCCCC(=O)NCCOC(=O)CCC(=O)OC(CO)CO. The first kappa shape index (κ1) is 64.9. The van der Waals surface area contributed by atoms with E-state index in [9.17, 15) is 28.8 Å². The molecule has 0 radical (unpaired) electrons. The van der Waals surface area contributed by atoms with Crippen molar-refractivity contribution in [2.24, 2.45) is 0 Å². The number of Topliss-reactive ketones (excluding diaryl/α,β-unsaturated/α-hetero) is 1. The molecule has 15 heteroatoms. The van der Waals surface area contributed by atoms with Crippen molar-refractivity contribution >= 4 is 35.6 Å². The number of esters is 4. The molecule has 0 heterocycles. The first-order valence-corrected chi connectivity index (χ1v) is 26.0. The van der Waals surface area contributed by atoms with Crippen LogP contribution in [0, 0.1) is 0 Å². The Kier molecular flexibility index (Phi) is 50.4. The molecule has 0 aromatic heterocycles. The zero-order valence-corrected chi connectivity index (χ0v) is 41.5. The normalized spacial score (nSPS) is 11.4. The maximum absolute atomic E-state index is 11.9. The van der Waals surface area contributed by atoms with Gasteiger partial charge < -0.3 is 44.7 Å². The van der Waals surface area contributed by atoms with Crippen molar-refractivity contribution in [2.75, 3.05) is 46.2 Å². The molecule has 0 aliphatic carbocycles. The van der Waals surface area contributed by atoms with Crippen molar-refractivity contribution in [2.45, 2.75) is 244 Å². The Morgan fingerprint density at radius 1 is 0.409 bits per heavy atom. The van der Waals surface area contributed by atoms with Crippen molar-refractivity contribution in [1.82, 2.24) is 5.32 Å². The molecule has 5 N–H and O–H groups in total.